The maximum atomic E-state index is 12.4. The Kier molecular flexibility index (Phi) is 5.25. The van der Waals surface area contributed by atoms with Crippen LogP contribution in [0, 0.1) is 0 Å². The van der Waals surface area contributed by atoms with Crippen molar-refractivity contribution >= 4 is 34.0 Å². The molecule has 1 N–H and O–H groups in total. The van der Waals surface area contributed by atoms with Crippen molar-refractivity contribution in [1.29, 1.82) is 0 Å². The second-order valence-corrected chi connectivity index (χ2v) is 6.75. The highest BCUT2D eigenvalue weighted by Crippen LogP contribution is 2.17. The molecule has 0 aliphatic rings. The summed E-state index contributed by atoms with van der Waals surface area (Å²) < 4.78 is 1.45. The van der Waals surface area contributed by atoms with Gasteiger partial charge in [-0.05, 0) is 24.1 Å². The maximum Gasteiger partial charge on any atom is 0.258 e. The molecule has 0 saturated heterocycles. The Bertz CT molecular complexity index is 967. The molecule has 6 nitrogen and oxygen atoms in total. The van der Waals surface area contributed by atoms with E-state index in [-0.39, 0.29) is 11.5 Å². The molecule has 1 amide bonds. The summed E-state index contributed by atoms with van der Waals surface area (Å²) >= 11 is 7.47. The summed E-state index contributed by atoms with van der Waals surface area (Å²) in [6.07, 6.45) is 2.28. The van der Waals surface area contributed by atoms with Gasteiger partial charge in [0.15, 0.2) is 0 Å². The van der Waals surface area contributed by atoms with Crippen LogP contribution < -0.4 is 10.9 Å². The molecule has 0 aliphatic heterocycles. The Morgan fingerprint density at radius 1 is 1.24 bits per heavy atom. The lowest BCUT2D eigenvalue weighted by atomic mass is 10.2. The van der Waals surface area contributed by atoms with Crippen molar-refractivity contribution in [2.45, 2.75) is 19.9 Å². The fraction of sp³-hybridized carbons (Fsp3) is 0.176. The van der Waals surface area contributed by atoms with E-state index < -0.39 is 0 Å². The summed E-state index contributed by atoms with van der Waals surface area (Å²) in [6.45, 7) is 2.26. The molecule has 0 fully saturated rings. The third-order valence-electron chi connectivity index (χ3n) is 3.53. The molecule has 0 unspecified atom stereocenters. The minimum Gasteiger partial charge on any atom is -0.310 e. The predicted molar refractivity (Wildman–Crippen MR) is 98.5 cm³/mol. The number of hydrogen-bond acceptors (Lipinski definition) is 5. The minimum atomic E-state index is -0.341. The lowest BCUT2D eigenvalue weighted by Crippen LogP contribution is -2.22. The van der Waals surface area contributed by atoms with E-state index in [2.05, 4.69) is 15.5 Å². The maximum absolute atomic E-state index is 12.4. The van der Waals surface area contributed by atoms with E-state index in [9.17, 15) is 9.59 Å². The van der Waals surface area contributed by atoms with Crippen LogP contribution in [-0.2, 0) is 13.0 Å². The molecule has 2 aromatic heterocycles. The summed E-state index contributed by atoms with van der Waals surface area (Å²) in [5, 5.41) is 12.4. The van der Waals surface area contributed by atoms with Crippen molar-refractivity contribution in [3.05, 3.63) is 74.1 Å². The normalized spacial score (nSPS) is 10.6. The Morgan fingerprint density at radius 2 is 2.04 bits per heavy atom. The van der Waals surface area contributed by atoms with Crippen molar-refractivity contribution in [3.8, 4) is 0 Å². The number of pyridine rings is 1. The zero-order valence-electron chi connectivity index (χ0n) is 13.4. The minimum absolute atomic E-state index is 0.208. The van der Waals surface area contributed by atoms with Crippen molar-refractivity contribution < 1.29 is 4.79 Å². The largest absolute Gasteiger partial charge is 0.310 e. The Balaban J connectivity index is 1.82. The number of nitrogens with zero attached hydrogens (tertiary/aromatic N) is 3. The van der Waals surface area contributed by atoms with Crippen LogP contribution in [-0.4, -0.2) is 20.7 Å². The Hall–Kier alpha value is -2.51. The predicted octanol–water partition coefficient (Wildman–Crippen LogP) is 3.22. The van der Waals surface area contributed by atoms with Crippen molar-refractivity contribution in [1.82, 2.24) is 14.8 Å². The van der Waals surface area contributed by atoms with Gasteiger partial charge in [-0.2, -0.15) is 0 Å². The molecule has 128 valence electrons. The first-order valence-electron chi connectivity index (χ1n) is 7.64. The van der Waals surface area contributed by atoms with Gasteiger partial charge in [-0.1, -0.05) is 48.1 Å². The molecule has 0 spiro atoms. The summed E-state index contributed by atoms with van der Waals surface area (Å²) in [5.41, 5.74) is 0.959. The SMILES string of the molecule is CCc1nnc(NC(=O)c2ccc(=O)n(Cc3ccccc3Cl)c2)s1. The zero-order valence-corrected chi connectivity index (χ0v) is 15.0. The van der Waals surface area contributed by atoms with Gasteiger partial charge in [0, 0.05) is 17.3 Å². The topological polar surface area (TPSA) is 76.9 Å². The summed E-state index contributed by atoms with van der Waals surface area (Å²) in [4.78, 5) is 24.5. The van der Waals surface area contributed by atoms with Gasteiger partial charge < -0.3 is 4.57 Å². The molecular weight excluding hydrogens is 360 g/mol. The molecule has 25 heavy (non-hydrogen) atoms. The van der Waals surface area contributed by atoms with Gasteiger partial charge in [0.05, 0.1) is 12.1 Å². The number of carbonyl (C=O) groups is 1. The second-order valence-electron chi connectivity index (χ2n) is 5.28. The van der Waals surface area contributed by atoms with Crippen LogP contribution in [0.2, 0.25) is 5.02 Å². The van der Waals surface area contributed by atoms with E-state index in [1.807, 2.05) is 25.1 Å². The average molecular weight is 375 g/mol. The molecule has 3 rings (SSSR count). The number of anilines is 1. The number of aromatic nitrogens is 3. The summed E-state index contributed by atoms with van der Waals surface area (Å²) in [6, 6.07) is 10.1. The fourth-order valence-corrected chi connectivity index (χ4v) is 3.09. The van der Waals surface area contributed by atoms with Gasteiger partial charge in [-0.15, -0.1) is 10.2 Å². The highest BCUT2D eigenvalue weighted by molar-refractivity contribution is 7.15. The number of rotatable bonds is 5. The van der Waals surface area contributed by atoms with Gasteiger partial charge in [0.25, 0.3) is 11.5 Å². The first kappa shape index (κ1) is 17.3. The lowest BCUT2D eigenvalue weighted by Gasteiger charge is -2.09. The monoisotopic (exact) mass is 374 g/mol. The quantitative estimate of drug-likeness (QED) is 0.743. The number of halogens is 1. The number of amides is 1. The molecule has 8 heteroatoms. The van der Waals surface area contributed by atoms with E-state index in [0.29, 0.717) is 22.3 Å². The van der Waals surface area contributed by atoms with Crippen LogP contribution in [0.1, 0.15) is 27.9 Å². The van der Waals surface area contributed by atoms with Gasteiger partial charge >= 0.3 is 0 Å². The number of benzene rings is 1. The highest BCUT2D eigenvalue weighted by atomic mass is 35.5. The van der Waals surface area contributed by atoms with Gasteiger partial charge in [0.1, 0.15) is 5.01 Å². The number of hydrogen-bond donors (Lipinski definition) is 1. The summed E-state index contributed by atoms with van der Waals surface area (Å²) in [7, 11) is 0. The smallest absolute Gasteiger partial charge is 0.258 e. The molecule has 0 bridgehead atoms. The van der Waals surface area contributed by atoms with Crippen LogP contribution >= 0.6 is 22.9 Å². The van der Waals surface area contributed by atoms with Gasteiger partial charge in [0.2, 0.25) is 5.13 Å². The third-order valence-corrected chi connectivity index (χ3v) is 4.89. The number of carbonyl (C=O) groups excluding carboxylic acids is 1. The van der Waals surface area contributed by atoms with E-state index in [0.717, 1.165) is 17.0 Å². The Morgan fingerprint density at radius 3 is 2.76 bits per heavy atom. The number of nitrogens with one attached hydrogen (secondary N) is 1. The first-order chi connectivity index (χ1) is 12.1. The average Bonchev–Trinajstić information content (AvgIpc) is 3.06. The van der Waals surface area contributed by atoms with Crippen LogP contribution in [0.4, 0.5) is 5.13 Å². The van der Waals surface area contributed by atoms with Crippen molar-refractivity contribution in [3.63, 3.8) is 0 Å². The van der Waals surface area contributed by atoms with Crippen molar-refractivity contribution in [2.24, 2.45) is 0 Å². The van der Waals surface area contributed by atoms with Crippen LogP contribution in [0.15, 0.2) is 47.4 Å². The first-order valence-corrected chi connectivity index (χ1v) is 8.84. The van der Waals surface area contributed by atoms with E-state index in [1.165, 1.54) is 34.2 Å². The molecule has 0 atom stereocenters. The van der Waals surface area contributed by atoms with Gasteiger partial charge in [-0.25, -0.2) is 0 Å². The van der Waals surface area contributed by atoms with Gasteiger partial charge in [-0.3, -0.25) is 14.9 Å². The van der Waals surface area contributed by atoms with E-state index in [4.69, 9.17) is 11.6 Å². The summed E-state index contributed by atoms with van der Waals surface area (Å²) in [5.74, 6) is -0.341. The third kappa shape index (κ3) is 4.12. The second kappa shape index (κ2) is 7.58. The molecule has 0 aliphatic carbocycles. The Labute approximate surface area is 153 Å². The van der Waals surface area contributed by atoms with Crippen LogP contribution in [0.3, 0.4) is 0 Å². The zero-order chi connectivity index (χ0) is 17.8. The van der Waals surface area contributed by atoms with E-state index in [1.54, 1.807) is 6.07 Å². The molecule has 0 saturated carbocycles. The fourth-order valence-electron chi connectivity index (χ4n) is 2.22. The molecule has 1 aromatic carbocycles. The van der Waals surface area contributed by atoms with E-state index >= 15 is 0 Å². The standard InChI is InChI=1S/C17H15ClN4O2S/c1-2-14-20-21-17(25-14)19-16(24)12-7-8-15(23)22(10-12)9-11-5-3-4-6-13(11)18/h3-8,10H,2,9H2,1H3,(H,19,21,24). The van der Waals surface area contributed by atoms with Crippen LogP contribution in [0.25, 0.3) is 0 Å². The molecular formula is C17H15ClN4O2S. The van der Waals surface area contributed by atoms with Crippen molar-refractivity contribution in [2.75, 3.05) is 5.32 Å². The highest BCUT2D eigenvalue weighted by Gasteiger charge is 2.12. The van der Waals surface area contributed by atoms with Crippen LogP contribution in [0.5, 0.6) is 0 Å². The lowest BCUT2D eigenvalue weighted by molar-refractivity contribution is 0.102. The molecule has 0 radical (unpaired) electrons. The number of aryl methyl sites for hydroxylation is 1. The molecule has 2 heterocycles. The molecule has 3 aromatic rings.